The molecule has 0 spiro atoms. The number of aliphatic carboxylic acids is 1. The number of carboxylic acid groups (broad SMARTS) is 1. The Morgan fingerprint density at radius 1 is 1.17 bits per heavy atom. The molecule has 5 aliphatic rings. The SMILES string of the molecule is O=C(O)C1CCCN1C(=O)c1cc(Cl)c(OCC23CC4CC(CC(C4)C2)C3)cc1F. The van der Waals surface area contributed by atoms with Crippen LogP contribution in [0.5, 0.6) is 5.75 Å². The summed E-state index contributed by atoms with van der Waals surface area (Å²) in [5.74, 6) is 0.243. The van der Waals surface area contributed by atoms with Crippen LogP contribution in [0.2, 0.25) is 5.02 Å². The van der Waals surface area contributed by atoms with Crippen molar-refractivity contribution in [3.63, 3.8) is 0 Å². The fourth-order valence-electron chi connectivity index (χ4n) is 6.92. The van der Waals surface area contributed by atoms with E-state index in [1.807, 2.05) is 0 Å². The molecule has 7 heteroatoms. The average molecular weight is 436 g/mol. The lowest BCUT2D eigenvalue weighted by molar-refractivity contribution is -0.141. The molecule has 1 unspecified atom stereocenters. The monoisotopic (exact) mass is 435 g/mol. The minimum absolute atomic E-state index is 0.174. The molecule has 162 valence electrons. The first-order valence-corrected chi connectivity index (χ1v) is 11.4. The van der Waals surface area contributed by atoms with Crippen molar-refractivity contribution in [2.75, 3.05) is 13.2 Å². The topological polar surface area (TPSA) is 66.8 Å². The van der Waals surface area contributed by atoms with Gasteiger partial charge in [-0.15, -0.1) is 0 Å². The molecular formula is C23H27ClFNO4. The van der Waals surface area contributed by atoms with Crippen LogP contribution in [0.15, 0.2) is 12.1 Å². The maximum absolute atomic E-state index is 14.8. The summed E-state index contributed by atoms with van der Waals surface area (Å²) in [6, 6.07) is 1.55. The van der Waals surface area contributed by atoms with E-state index in [1.165, 1.54) is 55.6 Å². The molecule has 1 aromatic rings. The van der Waals surface area contributed by atoms with Crippen LogP contribution in [-0.2, 0) is 4.79 Å². The summed E-state index contributed by atoms with van der Waals surface area (Å²) in [7, 11) is 0. The van der Waals surface area contributed by atoms with Crippen molar-refractivity contribution in [2.45, 2.75) is 57.4 Å². The summed E-state index contributed by atoms with van der Waals surface area (Å²) in [6.45, 7) is 0.841. The molecule has 5 fully saturated rings. The highest BCUT2D eigenvalue weighted by Crippen LogP contribution is 2.60. The number of carboxylic acids is 1. The van der Waals surface area contributed by atoms with Crippen LogP contribution in [0, 0.1) is 29.0 Å². The molecule has 1 atom stereocenters. The Bertz CT molecular complexity index is 853. The number of amides is 1. The molecule has 5 nitrogen and oxygen atoms in total. The van der Waals surface area contributed by atoms with Crippen LogP contribution >= 0.6 is 11.6 Å². The van der Waals surface area contributed by atoms with Gasteiger partial charge in [-0.3, -0.25) is 4.79 Å². The van der Waals surface area contributed by atoms with Gasteiger partial charge in [0.1, 0.15) is 17.6 Å². The van der Waals surface area contributed by atoms with Crippen molar-refractivity contribution in [1.29, 1.82) is 0 Å². The maximum atomic E-state index is 14.8. The van der Waals surface area contributed by atoms with Crippen LogP contribution in [0.4, 0.5) is 4.39 Å². The van der Waals surface area contributed by atoms with E-state index in [9.17, 15) is 19.1 Å². The zero-order valence-corrected chi connectivity index (χ0v) is 17.7. The molecule has 1 saturated heterocycles. The van der Waals surface area contributed by atoms with Gasteiger partial charge in [0.15, 0.2) is 0 Å². The summed E-state index contributed by atoms with van der Waals surface area (Å²) >= 11 is 6.36. The summed E-state index contributed by atoms with van der Waals surface area (Å²) in [5.41, 5.74) is -0.0249. The zero-order chi connectivity index (χ0) is 21.0. The fourth-order valence-corrected chi connectivity index (χ4v) is 7.14. The van der Waals surface area contributed by atoms with Crippen molar-refractivity contribution in [2.24, 2.45) is 23.2 Å². The van der Waals surface area contributed by atoms with Gasteiger partial charge in [0, 0.05) is 18.0 Å². The van der Waals surface area contributed by atoms with Gasteiger partial charge in [0.25, 0.3) is 5.91 Å². The molecule has 1 amide bonds. The number of carbonyl (C=O) groups is 2. The Balaban J connectivity index is 1.31. The van der Waals surface area contributed by atoms with E-state index >= 15 is 0 Å². The smallest absolute Gasteiger partial charge is 0.326 e. The first-order chi connectivity index (χ1) is 14.3. The molecule has 4 aliphatic carbocycles. The molecule has 4 saturated carbocycles. The van der Waals surface area contributed by atoms with Crippen molar-refractivity contribution in [1.82, 2.24) is 4.90 Å². The molecule has 6 rings (SSSR count). The number of carbonyl (C=O) groups excluding carboxylic acids is 1. The van der Waals surface area contributed by atoms with Gasteiger partial charge >= 0.3 is 5.97 Å². The first kappa shape index (κ1) is 20.1. The molecular weight excluding hydrogens is 409 g/mol. The Hall–Kier alpha value is -1.82. The Labute approximate surface area is 180 Å². The number of likely N-dealkylation sites (tertiary alicyclic amines) is 1. The molecule has 1 aromatic carbocycles. The highest BCUT2D eigenvalue weighted by atomic mass is 35.5. The van der Waals surface area contributed by atoms with Crippen LogP contribution in [0.3, 0.4) is 0 Å². The molecule has 1 aliphatic heterocycles. The highest BCUT2D eigenvalue weighted by Gasteiger charge is 2.51. The second kappa shape index (κ2) is 7.40. The van der Waals surface area contributed by atoms with Crippen LogP contribution in [0.1, 0.15) is 61.7 Å². The molecule has 1 N–H and O–H groups in total. The number of benzene rings is 1. The normalized spacial score (nSPS) is 34.4. The number of rotatable bonds is 5. The van der Waals surface area contributed by atoms with Crippen molar-refractivity contribution < 1.29 is 23.8 Å². The quantitative estimate of drug-likeness (QED) is 0.723. The van der Waals surface area contributed by atoms with Crippen molar-refractivity contribution in [3.05, 3.63) is 28.5 Å². The van der Waals surface area contributed by atoms with E-state index in [-0.39, 0.29) is 21.8 Å². The third-order valence-electron chi connectivity index (χ3n) is 7.75. The van der Waals surface area contributed by atoms with Crippen LogP contribution < -0.4 is 4.74 Å². The van der Waals surface area contributed by atoms with Gasteiger partial charge in [0.2, 0.25) is 0 Å². The lowest BCUT2D eigenvalue weighted by Gasteiger charge is -2.56. The average Bonchev–Trinajstić information content (AvgIpc) is 3.17. The molecule has 4 bridgehead atoms. The lowest BCUT2D eigenvalue weighted by atomic mass is 9.50. The van der Waals surface area contributed by atoms with Gasteiger partial charge in [-0.25, -0.2) is 9.18 Å². The third-order valence-corrected chi connectivity index (χ3v) is 8.04. The van der Waals surface area contributed by atoms with E-state index in [0.29, 0.717) is 26.0 Å². The predicted molar refractivity (Wildman–Crippen MR) is 109 cm³/mol. The Morgan fingerprint density at radius 3 is 2.40 bits per heavy atom. The number of halogens is 2. The van der Waals surface area contributed by atoms with E-state index in [0.717, 1.165) is 17.8 Å². The second-order valence-corrected chi connectivity index (χ2v) is 10.4. The van der Waals surface area contributed by atoms with Gasteiger partial charge in [-0.2, -0.15) is 0 Å². The van der Waals surface area contributed by atoms with Gasteiger partial charge < -0.3 is 14.7 Å². The minimum atomic E-state index is -1.07. The largest absolute Gasteiger partial charge is 0.491 e. The van der Waals surface area contributed by atoms with Gasteiger partial charge in [0.05, 0.1) is 17.2 Å². The highest BCUT2D eigenvalue weighted by molar-refractivity contribution is 6.32. The van der Waals surface area contributed by atoms with E-state index in [1.54, 1.807) is 0 Å². The lowest BCUT2D eigenvalue weighted by Crippen LogP contribution is -2.48. The first-order valence-electron chi connectivity index (χ1n) is 11.0. The summed E-state index contributed by atoms with van der Waals surface area (Å²) < 4.78 is 20.8. The number of ether oxygens (including phenoxy) is 1. The van der Waals surface area contributed by atoms with E-state index in [2.05, 4.69) is 0 Å². The predicted octanol–water partition coefficient (Wildman–Crippen LogP) is 4.76. The van der Waals surface area contributed by atoms with Gasteiger partial charge in [-0.05, 0) is 75.2 Å². The van der Waals surface area contributed by atoms with E-state index < -0.39 is 23.7 Å². The standard InChI is InChI=1S/C23H27ClFNO4/c24-17-7-16(21(27)26-3-1-2-19(26)22(28)29)18(25)8-20(17)30-12-23-9-13-4-14(10-23)6-15(5-13)11-23/h7-8,13-15,19H,1-6,9-12H2,(H,28,29). The maximum Gasteiger partial charge on any atom is 0.326 e. The van der Waals surface area contributed by atoms with Crippen molar-refractivity contribution >= 4 is 23.5 Å². The second-order valence-electron chi connectivity index (χ2n) is 9.96. The van der Waals surface area contributed by atoms with E-state index in [4.69, 9.17) is 16.3 Å². The van der Waals surface area contributed by atoms with Crippen molar-refractivity contribution in [3.8, 4) is 5.75 Å². The Morgan fingerprint density at radius 2 is 1.80 bits per heavy atom. The minimum Gasteiger partial charge on any atom is -0.491 e. The molecule has 0 aromatic heterocycles. The summed E-state index contributed by atoms with van der Waals surface area (Å²) in [5, 5.41) is 9.49. The van der Waals surface area contributed by atoms with Gasteiger partial charge in [-0.1, -0.05) is 11.6 Å². The summed E-state index contributed by atoms with van der Waals surface area (Å²) in [6.07, 6.45) is 8.55. The fraction of sp³-hybridized carbons (Fsp3) is 0.652. The number of nitrogens with zero attached hydrogens (tertiary/aromatic N) is 1. The Kier molecular flexibility index (Phi) is 4.96. The number of hydrogen-bond donors (Lipinski definition) is 1. The summed E-state index contributed by atoms with van der Waals surface area (Å²) in [4.78, 5) is 25.3. The molecule has 1 heterocycles. The molecule has 30 heavy (non-hydrogen) atoms. The zero-order valence-electron chi connectivity index (χ0n) is 16.9. The number of hydrogen-bond acceptors (Lipinski definition) is 3. The third kappa shape index (κ3) is 3.47. The van der Waals surface area contributed by atoms with Crippen LogP contribution in [0.25, 0.3) is 0 Å². The van der Waals surface area contributed by atoms with Crippen LogP contribution in [-0.4, -0.2) is 41.1 Å². The molecule has 0 radical (unpaired) electrons.